The molecule has 6 nitrogen and oxygen atoms in total. The monoisotopic (exact) mass is 276 g/mol. The number of carbonyl (C=O) groups excluding carboxylic acids is 1. The van der Waals surface area contributed by atoms with E-state index >= 15 is 0 Å². The molecule has 1 amide bonds. The third-order valence-corrected chi connectivity index (χ3v) is 3.07. The van der Waals surface area contributed by atoms with E-state index in [0.29, 0.717) is 5.75 Å². The summed E-state index contributed by atoms with van der Waals surface area (Å²) in [5.74, 6) is -0.680. The van der Waals surface area contributed by atoms with Crippen molar-refractivity contribution in [2.75, 3.05) is 7.11 Å². The summed E-state index contributed by atoms with van der Waals surface area (Å²) in [6.45, 7) is 1.43. The number of H-pyrrole nitrogens is 1. The summed E-state index contributed by atoms with van der Waals surface area (Å²) in [5.41, 5.74) is 1.70. The SMILES string of the molecule is COc1ccc2[nH]cc(CC(=O)NC(C)C(=O)O)c2c1. The Kier molecular flexibility index (Phi) is 3.93. The van der Waals surface area contributed by atoms with Crippen molar-refractivity contribution < 1.29 is 19.4 Å². The number of aromatic amines is 1. The topological polar surface area (TPSA) is 91.4 Å². The van der Waals surface area contributed by atoms with Crippen molar-refractivity contribution in [1.82, 2.24) is 10.3 Å². The first-order valence-electron chi connectivity index (χ1n) is 6.17. The number of aliphatic carboxylic acids is 1. The summed E-state index contributed by atoms with van der Waals surface area (Å²) in [7, 11) is 1.58. The Morgan fingerprint density at radius 3 is 2.85 bits per heavy atom. The number of carboxylic acid groups (broad SMARTS) is 1. The molecule has 1 aromatic carbocycles. The molecule has 1 heterocycles. The van der Waals surface area contributed by atoms with E-state index in [9.17, 15) is 9.59 Å². The number of nitrogens with one attached hydrogen (secondary N) is 2. The molecule has 0 saturated carbocycles. The first-order chi connectivity index (χ1) is 9.51. The highest BCUT2D eigenvalue weighted by Gasteiger charge is 2.15. The molecule has 0 fully saturated rings. The van der Waals surface area contributed by atoms with Gasteiger partial charge in [0.2, 0.25) is 5.91 Å². The molecule has 1 atom stereocenters. The van der Waals surface area contributed by atoms with Gasteiger partial charge in [0.1, 0.15) is 11.8 Å². The first-order valence-corrected chi connectivity index (χ1v) is 6.17. The Morgan fingerprint density at radius 1 is 1.45 bits per heavy atom. The van der Waals surface area contributed by atoms with E-state index in [2.05, 4.69) is 10.3 Å². The molecule has 0 bridgehead atoms. The van der Waals surface area contributed by atoms with Gasteiger partial charge < -0.3 is 20.1 Å². The van der Waals surface area contributed by atoms with Crippen LogP contribution in [0.5, 0.6) is 5.75 Å². The number of aromatic nitrogens is 1. The second kappa shape index (κ2) is 5.64. The largest absolute Gasteiger partial charge is 0.497 e. The normalized spacial score (nSPS) is 12.1. The van der Waals surface area contributed by atoms with Gasteiger partial charge in [-0.05, 0) is 30.7 Å². The summed E-state index contributed by atoms with van der Waals surface area (Å²) < 4.78 is 5.16. The van der Waals surface area contributed by atoms with Crippen molar-refractivity contribution in [2.24, 2.45) is 0 Å². The van der Waals surface area contributed by atoms with Crippen LogP contribution in [0.25, 0.3) is 10.9 Å². The number of benzene rings is 1. The van der Waals surface area contributed by atoms with Crippen LogP contribution >= 0.6 is 0 Å². The van der Waals surface area contributed by atoms with Gasteiger partial charge in [0.15, 0.2) is 0 Å². The van der Waals surface area contributed by atoms with Gasteiger partial charge in [-0.3, -0.25) is 9.59 Å². The van der Waals surface area contributed by atoms with Crippen molar-refractivity contribution in [2.45, 2.75) is 19.4 Å². The van der Waals surface area contributed by atoms with Crippen molar-refractivity contribution in [3.63, 3.8) is 0 Å². The van der Waals surface area contributed by atoms with E-state index < -0.39 is 12.0 Å². The first kappa shape index (κ1) is 13.9. The number of rotatable bonds is 5. The van der Waals surface area contributed by atoms with Gasteiger partial charge in [-0.25, -0.2) is 0 Å². The number of carbonyl (C=O) groups is 2. The predicted octanol–water partition coefficient (Wildman–Crippen LogP) is 1.31. The molecule has 3 N–H and O–H groups in total. The average Bonchev–Trinajstić information content (AvgIpc) is 2.80. The van der Waals surface area contributed by atoms with Crippen molar-refractivity contribution in [3.05, 3.63) is 30.0 Å². The van der Waals surface area contributed by atoms with Crippen LogP contribution in [0.15, 0.2) is 24.4 Å². The lowest BCUT2D eigenvalue weighted by molar-refractivity contribution is -0.141. The maximum atomic E-state index is 11.8. The molecule has 0 saturated heterocycles. The zero-order valence-electron chi connectivity index (χ0n) is 11.3. The summed E-state index contributed by atoms with van der Waals surface area (Å²) in [6.07, 6.45) is 1.86. The van der Waals surface area contributed by atoms with E-state index in [1.54, 1.807) is 13.3 Å². The predicted molar refractivity (Wildman–Crippen MR) is 73.8 cm³/mol. The van der Waals surface area contributed by atoms with E-state index in [1.165, 1.54) is 6.92 Å². The van der Waals surface area contributed by atoms with Crippen molar-refractivity contribution >= 4 is 22.8 Å². The van der Waals surface area contributed by atoms with Crippen LogP contribution in [-0.2, 0) is 16.0 Å². The molecular weight excluding hydrogens is 260 g/mol. The molecule has 0 radical (unpaired) electrons. The lowest BCUT2D eigenvalue weighted by Gasteiger charge is -2.08. The van der Waals surface area contributed by atoms with Gasteiger partial charge >= 0.3 is 5.97 Å². The molecule has 1 aromatic heterocycles. The highest BCUT2D eigenvalue weighted by atomic mass is 16.5. The Morgan fingerprint density at radius 2 is 2.20 bits per heavy atom. The van der Waals surface area contributed by atoms with Gasteiger partial charge in [-0.15, -0.1) is 0 Å². The highest BCUT2D eigenvalue weighted by Crippen LogP contribution is 2.23. The minimum atomic E-state index is -1.06. The number of methoxy groups -OCH3 is 1. The molecule has 1 unspecified atom stereocenters. The van der Waals surface area contributed by atoms with Crippen LogP contribution in [0.3, 0.4) is 0 Å². The minimum Gasteiger partial charge on any atom is -0.497 e. The van der Waals surface area contributed by atoms with E-state index in [-0.39, 0.29) is 12.3 Å². The third-order valence-electron chi connectivity index (χ3n) is 3.07. The van der Waals surface area contributed by atoms with E-state index in [4.69, 9.17) is 9.84 Å². The molecule has 0 aliphatic heterocycles. The van der Waals surface area contributed by atoms with Crippen LogP contribution in [0.4, 0.5) is 0 Å². The molecule has 0 spiro atoms. The Labute approximate surface area is 115 Å². The lowest BCUT2D eigenvalue weighted by Crippen LogP contribution is -2.39. The number of hydrogen-bond donors (Lipinski definition) is 3. The van der Waals surface area contributed by atoms with Crippen molar-refractivity contribution in [1.29, 1.82) is 0 Å². The summed E-state index contributed by atoms with van der Waals surface area (Å²) in [6, 6.07) is 4.64. The number of ether oxygens (including phenoxy) is 1. The molecule has 106 valence electrons. The number of amides is 1. The zero-order chi connectivity index (χ0) is 14.7. The highest BCUT2D eigenvalue weighted by molar-refractivity contribution is 5.91. The lowest BCUT2D eigenvalue weighted by atomic mass is 10.1. The molecule has 2 rings (SSSR count). The minimum absolute atomic E-state index is 0.116. The van der Waals surface area contributed by atoms with Crippen LogP contribution in [0.1, 0.15) is 12.5 Å². The van der Waals surface area contributed by atoms with Crippen LogP contribution < -0.4 is 10.1 Å². The Balaban J connectivity index is 2.17. The van der Waals surface area contributed by atoms with E-state index in [0.717, 1.165) is 16.5 Å². The fourth-order valence-electron chi connectivity index (χ4n) is 1.96. The van der Waals surface area contributed by atoms with Gasteiger partial charge in [-0.2, -0.15) is 0 Å². The molecule has 0 aliphatic rings. The van der Waals surface area contributed by atoms with Crippen LogP contribution in [0, 0.1) is 0 Å². The van der Waals surface area contributed by atoms with Crippen LogP contribution in [-0.4, -0.2) is 35.1 Å². The standard InChI is InChI=1S/C14H16N2O4/c1-8(14(18)19)16-13(17)5-9-7-15-12-4-3-10(20-2)6-11(9)12/h3-4,6-8,15H,5H2,1-2H3,(H,16,17)(H,18,19). The maximum absolute atomic E-state index is 11.8. The zero-order valence-corrected chi connectivity index (χ0v) is 11.3. The molecular formula is C14H16N2O4. The Bertz CT molecular complexity index is 648. The van der Waals surface area contributed by atoms with Gasteiger partial charge in [0.25, 0.3) is 0 Å². The average molecular weight is 276 g/mol. The summed E-state index contributed by atoms with van der Waals surface area (Å²) in [5, 5.41) is 12.1. The quantitative estimate of drug-likeness (QED) is 0.767. The number of hydrogen-bond acceptors (Lipinski definition) is 3. The van der Waals surface area contributed by atoms with E-state index in [1.807, 2.05) is 18.2 Å². The van der Waals surface area contributed by atoms with Gasteiger partial charge in [-0.1, -0.05) is 0 Å². The number of carboxylic acids is 1. The fourth-order valence-corrected chi connectivity index (χ4v) is 1.96. The molecule has 20 heavy (non-hydrogen) atoms. The molecule has 0 aliphatic carbocycles. The molecule has 2 aromatic rings. The smallest absolute Gasteiger partial charge is 0.325 e. The summed E-state index contributed by atoms with van der Waals surface area (Å²) in [4.78, 5) is 25.6. The maximum Gasteiger partial charge on any atom is 0.325 e. The van der Waals surface area contributed by atoms with Gasteiger partial charge in [0, 0.05) is 17.1 Å². The third kappa shape index (κ3) is 2.90. The fraction of sp³-hybridized carbons (Fsp3) is 0.286. The number of fused-ring (bicyclic) bond motifs is 1. The van der Waals surface area contributed by atoms with Crippen LogP contribution in [0.2, 0.25) is 0 Å². The van der Waals surface area contributed by atoms with Crippen molar-refractivity contribution in [3.8, 4) is 5.75 Å². The second-order valence-corrected chi connectivity index (χ2v) is 4.53. The second-order valence-electron chi connectivity index (χ2n) is 4.53. The summed E-state index contributed by atoms with van der Waals surface area (Å²) >= 11 is 0. The Hall–Kier alpha value is -2.50. The molecule has 6 heteroatoms. The van der Waals surface area contributed by atoms with Gasteiger partial charge in [0.05, 0.1) is 13.5 Å².